The fourth-order valence-corrected chi connectivity index (χ4v) is 1.92. The third kappa shape index (κ3) is 2.18. The zero-order valence-corrected chi connectivity index (χ0v) is 9.92. The summed E-state index contributed by atoms with van der Waals surface area (Å²) < 4.78 is 4.91. The third-order valence-corrected chi connectivity index (χ3v) is 2.88. The molecule has 94 valence electrons. The van der Waals surface area contributed by atoms with Crippen LogP contribution in [0.5, 0.6) is 0 Å². The summed E-state index contributed by atoms with van der Waals surface area (Å²) in [5, 5.41) is 2.77. The minimum absolute atomic E-state index is 0.215. The van der Waals surface area contributed by atoms with Crippen molar-refractivity contribution >= 4 is 17.6 Å². The molecule has 1 aliphatic heterocycles. The highest BCUT2D eigenvalue weighted by molar-refractivity contribution is 6.04. The second-order valence-electron chi connectivity index (χ2n) is 4.14. The summed E-state index contributed by atoms with van der Waals surface area (Å²) in [5.41, 5.74) is 2.51. The van der Waals surface area contributed by atoms with Crippen LogP contribution in [0.2, 0.25) is 0 Å². The average molecular weight is 254 g/mol. The molecule has 0 unspecified atom stereocenters. The number of hydrogen-bond acceptors (Lipinski definition) is 4. The molecule has 1 aromatic heterocycles. The van der Waals surface area contributed by atoms with E-state index in [4.69, 9.17) is 4.74 Å². The van der Waals surface area contributed by atoms with E-state index in [0.29, 0.717) is 16.8 Å². The standard InChI is InChI=1S/C14H10N2O3/c17-13(9-3-5-15-6-4-9)16-11-1-2-12-10(7-11)8-19-14(12)18/h1-7H,8H2,(H,16,17). The zero-order chi connectivity index (χ0) is 13.2. The van der Waals surface area contributed by atoms with Crippen molar-refractivity contribution in [3.63, 3.8) is 0 Å². The van der Waals surface area contributed by atoms with Crippen LogP contribution in [0.15, 0.2) is 42.7 Å². The number of fused-ring (bicyclic) bond motifs is 1. The highest BCUT2D eigenvalue weighted by Gasteiger charge is 2.21. The minimum atomic E-state index is -0.318. The summed E-state index contributed by atoms with van der Waals surface area (Å²) in [4.78, 5) is 27.1. The van der Waals surface area contributed by atoms with Crippen molar-refractivity contribution < 1.29 is 14.3 Å². The summed E-state index contributed by atoms with van der Waals surface area (Å²) in [6.45, 7) is 0.257. The van der Waals surface area contributed by atoms with Gasteiger partial charge < -0.3 is 10.1 Å². The summed E-state index contributed by atoms with van der Waals surface area (Å²) in [6.07, 6.45) is 3.12. The van der Waals surface area contributed by atoms with Crippen molar-refractivity contribution in [2.24, 2.45) is 0 Å². The van der Waals surface area contributed by atoms with Crippen molar-refractivity contribution in [2.45, 2.75) is 6.61 Å². The highest BCUT2D eigenvalue weighted by atomic mass is 16.5. The predicted octanol–water partition coefficient (Wildman–Crippen LogP) is 2.00. The lowest BCUT2D eigenvalue weighted by Crippen LogP contribution is -2.12. The Morgan fingerprint density at radius 2 is 2.00 bits per heavy atom. The number of ether oxygens (including phenoxy) is 1. The van der Waals surface area contributed by atoms with Gasteiger partial charge in [-0.25, -0.2) is 4.79 Å². The molecule has 0 aliphatic carbocycles. The van der Waals surface area contributed by atoms with Crippen LogP contribution in [0.25, 0.3) is 0 Å². The maximum Gasteiger partial charge on any atom is 0.338 e. The fraction of sp³-hybridized carbons (Fsp3) is 0.0714. The number of carbonyl (C=O) groups excluding carboxylic acids is 2. The van der Waals surface area contributed by atoms with Crippen LogP contribution in [-0.4, -0.2) is 16.9 Å². The Hall–Kier alpha value is -2.69. The minimum Gasteiger partial charge on any atom is -0.457 e. The topological polar surface area (TPSA) is 68.3 Å². The van der Waals surface area contributed by atoms with E-state index in [0.717, 1.165) is 5.56 Å². The van der Waals surface area contributed by atoms with E-state index in [1.807, 2.05) is 0 Å². The van der Waals surface area contributed by atoms with Gasteiger partial charge in [0.1, 0.15) is 6.61 Å². The van der Waals surface area contributed by atoms with Gasteiger partial charge in [0.2, 0.25) is 0 Å². The molecular weight excluding hydrogens is 244 g/mol. The molecule has 0 atom stereocenters. The van der Waals surface area contributed by atoms with Crippen LogP contribution in [0.4, 0.5) is 5.69 Å². The van der Waals surface area contributed by atoms with Crippen LogP contribution in [0, 0.1) is 0 Å². The molecule has 2 aromatic rings. The fourth-order valence-electron chi connectivity index (χ4n) is 1.92. The molecule has 5 heteroatoms. The van der Waals surface area contributed by atoms with Gasteiger partial charge in [0.25, 0.3) is 5.91 Å². The first kappa shape index (κ1) is 11.4. The Morgan fingerprint density at radius 3 is 2.79 bits per heavy atom. The van der Waals surface area contributed by atoms with Crippen LogP contribution in [0.1, 0.15) is 26.3 Å². The molecule has 0 saturated carbocycles. The Balaban J connectivity index is 1.81. The number of pyridine rings is 1. The van der Waals surface area contributed by atoms with E-state index in [1.165, 1.54) is 0 Å². The van der Waals surface area contributed by atoms with E-state index < -0.39 is 0 Å². The van der Waals surface area contributed by atoms with E-state index in [2.05, 4.69) is 10.3 Å². The molecule has 1 N–H and O–H groups in total. The first-order chi connectivity index (χ1) is 9.24. The van der Waals surface area contributed by atoms with Gasteiger partial charge in [-0.1, -0.05) is 0 Å². The molecule has 19 heavy (non-hydrogen) atoms. The van der Waals surface area contributed by atoms with Gasteiger partial charge in [-0.2, -0.15) is 0 Å². The monoisotopic (exact) mass is 254 g/mol. The lowest BCUT2D eigenvalue weighted by molar-refractivity contribution is 0.0535. The first-order valence-corrected chi connectivity index (χ1v) is 5.75. The second-order valence-corrected chi connectivity index (χ2v) is 4.14. The number of esters is 1. The molecule has 0 fully saturated rings. The summed E-state index contributed by atoms with van der Waals surface area (Å²) in [5.74, 6) is -0.533. The summed E-state index contributed by atoms with van der Waals surface area (Å²) in [7, 11) is 0. The van der Waals surface area contributed by atoms with Crippen LogP contribution in [0.3, 0.4) is 0 Å². The maximum atomic E-state index is 11.9. The molecule has 3 rings (SSSR count). The lowest BCUT2D eigenvalue weighted by atomic mass is 10.1. The maximum absolute atomic E-state index is 11.9. The van der Waals surface area contributed by atoms with Gasteiger partial charge in [0.15, 0.2) is 0 Å². The molecule has 0 saturated heterocycles. The Bertz CT molecular complexity index is 653. The zero-order valence-electron chi connectivity index (χ0n) is 9.92. The molecule has 2 heterocycles. The van der Waals surface area contributed by atoms with Crippen LogP contribution in [-0.2, 0) is 11.3 Å². The van der Waals surface area contributed by atoms with Gasteiger partial charge in [-0.05, 0) is 30.3 Å². The Kier molecular flexibility index (Phi) is 2.72. The van der Waals surface area contributed by atoms with Crippen LogP contribution >= 0.6 is 0 Å². The van der Waals surface area contributed by atoms with E-state index in [-0.39, 0.29) is 18.5 Å². The Labute approximate surface area is 109 Å². The van der Waals surface area contributed by atoms with E-state index in [9.17, 15) is 9.59 Å². The number of nitrogens with zero attached hydrogens (tertiary/aromatic N) is 1. The van der Waals surface area contributed by atoms with Crippen molar-refractivity contribution in [1.82, 2.24) is 4.98 Å². The lowest BCUT2D eigenvalue weighted by Gasteiger charge is -2.05. The molecule has 5 nitrogen and oxygen atoms in total. The number of benzene rings is 1. The number of cyclic esters (lactones) is 1. The second kappa shape index (κ2) is 4.53. The van der Waals surface area contributed by atoms with Crippen molar-refractivity contribution in [3.8, 4) is 0 Å². The highest BCUT2D eigenvalue weighted by Crippen LogP contribution is 2.23. The predicted molar refractivity (Wildman–Crippen MR) is 67.8 cm³/mol. The normalized spacial score (nSPS) is 12.7. The molecule has 0 bridgehead atoms. The van der Waals surface area contributed by atoms with Crippen molar-refractivity contribution in [2.75, 3.05) is 5.32 Å². The van der Waals surface area contributed by atoms with Gasteiger partial charge in [-0.3, -0.25) is 9.78 Å². The number of carbonyl (C=O) groups is 2. The smallest absolute Gasteiger partial charge is 0.338 e. The largest absolute Gasteiger partial charge is 0.457 e. The SMILES string of the molecule is O=C(Nc1ccc2c(c1)COC2=O)c1ccncc1. The molecule has 1 aromatic carbocycles. The van der Waals surface area contributed by atoms with Gasteiger partial charge >= 0.3 is 5.97 Å². The number of hydrogen-bond donors (Lipinski definition) is 1. The van der Waals surface area contributed by atoms with Crippen molar-refractivity contribution in [1.29, 1.82) is 0 Å². The van der Waals surface area contributed by atoms with Crippen LogP contribution < -0.4 is 5.32 Å². The average Bonchev–Trinajstić information content (AvgIpc) is 2.81. The van der Waals surface area contributed by atoms with Gasteiger partial charge in [0, 0.05) is 29.2 Å². The number of rotatable bonds is 2. The molecule has 1 amide bonds. The molecule has 1 aliphatic rings. The summed E-state index contributed by atoms with van der Waals surface area (Å²) >= 11 is 0. The number of amides is 1. The van der Waals surface area contributed by atoms with Crippen molar-refractivity contribution in [3.05, 3.63) is 59.4 Å². The van der Waals surface area contributed by atoms with Gasteiger partial charge in [0.05, 0.1) is 5.56 Å². The molecule has 0 radical (unpaired) electrons. The quantitative estimate of drug-likeness (QED) is 0.832. The first-order valence-electron chi connectivity index (χ1n) is 5.75. The Morgan fingerprint density at radius 1 is 1.21 bits per heavy atom. The summed E-state index contributed by atoms with van der Waals surface area (Å²) in [6, 6.07) is 8.36. The number of anilines is 1. The third-order valence-electron chi connectivity index (χ3n) is 2.88. The van der Waals surface area contributed by atoms with Gasteiger partial charge in [-0.15, -0.1) is 0 Å². The number of nitrogens with one attached hydrogen (secondary N) is 1. The molecule has 0 spiro atoms. The van der Waals surface area contributed by atoms with E-state index in [1.54, 1.807) is 42.7 Å². The molecular formula is C14H10N2O3. The van der Waals surface area contributed by atoms with E-state index >= 15 is 0 Å². The number of aromatic nitrogens is 1.